The molecule has 17 heavy (non-hydrogen) atoms. The van der Waals surface area contributed by atoms with E-state index in [1.807, 2.05) is 22.6 Å². The van der Waals surface area contributed by atoms with E-state index in [0.29, 0.717) is 15.4 Å². The van der Waals surface area contributed by atoms with Crippen LogP contribution >= 0.6 is 50.1 Å². The van der Waals surface area contributed by atoms with Gasteiger partial charge in [-0.3, -0.25) is 0 Å². The third-order valence-corrected chi connectivity index (χ3v) is 4.09. The zero-order valence-electron chi connectivity index (χ0n) is 8.22. The highest BCUT2D eigenvalue weighted by atomic mass is 127. The Bertz CT molecular complexity index is 567. The first kappa shape index (κ1) is 13.0. The topological polar surface area (TPSA) is 37.8 Å². The molecule has 0 saturated heterocycles. The highest BCUT2D eigenvalue weighted by Crippen LogP contribution is 2.30. The fraction of sp³-hybridized carbons (Fsp3) is 0. The van der Waals surface area contributed by atoms with Crippen LogP contribution in [0, 0.1) is 9.39 Å². The Hall–Kier alpha value is -0.470. The lowest BCUT2D eigenvalue weighted by Gasteiger charge is -2.09. The Balaban J connectivity index is 2.35. The van der Waals surface area contributed by atoms with Gasteiger partial charge in [0.15, 0.2) is 0 Å². The third kappa shape index (κ3) is 3.05. The molecule has 88 valence electrons. The standard InChI is InChI=1S/C10H5BrClFIN3/c11-8-9(12)15-4-16-10(8)17-7-2-1-5(13)3-6(7)14/h1-4H,(H,15,16,17). The molecule has 0 amide bonds. The lowest BCUT2D eigenvalue weighted by molar-refractivity contribution is 0.627. The van der Waals surface area contributed by atoms with Gasteiger partial charge in [-0.05, 0) is 56.7 Å². The zero-order chi connectivity index (χ0) is 12.4. The second kappa shape index (κ2) is 5.45. The minimum Gasteiger partial charge on any atom is -0.338 e. The second-order valence-corrected chi connectivity index (χ2v) is 5.39. The molecule has 2 aromatic rings. The molecule has 1 heterocycles. The van der Waals surface area contributed by atoms with Gasteiger partial charge < -0.3 is 5.32 Å². The molecule has 0 aliphatic heterocycles. The molecule has 0 aliphatic carbocycles. The van der Waals surface area contributed by atoms with Crippen molar-refractivity contribution in [3.63, 3.8) is 0 Å². The molecule has 0 aliphatic rings. The summed E-state index contributed by atoms with van der Waals surface area (Å²) < 4.78 is 14.3. The van der Waals surface area contributed by atoms with Crippen molar-refractivity contribution in [3.05, 3.63) is 43.5 Å². The molecule has 0 radical (unpaired) electrons. The maximum absolute atomic E-state index is 12.9. The first-order valence-corrected chi connectivity index (χ1v) is 6.71. The summed E-state index contributed by atoms with van der Waals surface area (Å²) in [7, 11) is 0. The highest BCUT2D eigenvalue weighted by Gasteiger charge is 2.08. The van der Waals surface area contributed by atoms with Crippen LogP contribution in [-0.2, 0) is 0 Å². The Morgan fingerprint density at radius 2 is 2.12 bits per heavy atom. The molecule has 3 nitrogen and oxygen atoms in total. The Morgan fingerprint density at radius 1 is 1.35 bits per heavy atom. The molecule has 0 fully saturated rings. The fourth-order valence-electron chi connectivity index (χ4n) is 1.15. The van der Waals surface area contributed by atoms with E-state index >= 15 is 0 Å². The van der Waals surface area contributed by atoms with Crippen molar-refractivity contribution in [3.8, 4) is 0 Å². The third-order valence-electron chi connectivity index (χ3n) is 1.93. The van der Waals surface area contributed by atoms with Crippen LogP contribution in [0.3, 0.4) is 0 Å². The molecule has 0 saturated carbocycles. The summed E-state index contributed by atoms with van der Waals surface area (Å²) in [6.07, 6.45) is 1.35. The Labute approximate surface area is 124 Å². The van der Waals surface area contributed by atoms with E-state index in [1.165, 1.54) is 18.5 Å². The predicted octanol–water partition coefficient (Wildman–Crippen LogP) is 4.38. The van der Waals surface area contributed by atoms with Crippen molar-refractivity contribution >= 4 is 61.6 Å². The number of nitrogens with one attached hydrogen (secondary N) is 1. The maximum Gasteiger partial charge on any atom is 0.149 e. The first-order chi connectivity index (χ1) is 8.08. The average molecular weight is 428 g/mol. The Kier molecular flexibility index (Phi) is 4.16. The van der Waals surface area contributed by atoms with Crippen LogP contribution in [0.4, 0.5) is 15.9 Å². The minimum atomic E-state index is -0.278. The van der Waals surface area contributed by atoms with E-state index < -0.39 is 0 Å². The van der Waals surface area contributed by atoms with Gasteiger partial charge in [0.05, 0.1) is 10.2 Å². The van der Waals surface area contributed by atoms with Crippen LogP contribution < -0.4 is 5.32 Å². The van der Waals surface area contributed by atoms with Crippen molar-refractivity contribution in [2.24, 2.45) is 0 Å². The lowest BCUT2D eigenvalue weighted by Crippen LogP contribution is -1.98. The van der Waals surface area contributed by atoms with Crippen LogP contribution in [-0.4, -0.2) is 9.97 Å². The van der Waals surface area contributed by atoms with Crippen molar-refractivity contribution in [1.29, 1.82) is 0 Å². The quantitative estimate of drug-likeness (QED) is 0.570. The van der Waals surface area contributed by atoms with Crippen LogP contribution in [0.25, 0.3) is 0 Å². The molecule has 1 N–H and O–H groups in total. The molecule has 7 heteroatoms. The van der Waals surface area contributed by atoms with E-state index in [1.54, 1.807) is 6.07 Å². The number of benzene rings is 1. The molecule has 0 unspecified atom stereocenters. The molecule has 1 aromatic carbocycles. The largest absolute Gasteiger partial charge is 0.338 e. The van der Waals surface area contributed by atoms with E-state index in [4.69, 9.17) is 11.6 Å². The Morgan fingerprint density at radius 3 is 2.82 bits per heavy atom. The zero-order valence-corrected chi connectivity index (χ0v) is 12.7. The van der Waals surface area contributed by atoms with E-state index in [0.717, 1.165) is 9.26 Å². The second-order valence-electron chi connectivity index (χ2n) is 3.08. The molecule has 2 rings (SSSR count). The highest BCUT2D eigenvalue weighted by molar-refractivity contribution is 14.1. The summed E-state index contributed by atoms with van der Waals surface area (Å²) in [5.74, 6) is 0.259. The number of aromatic nitrogens is 2. The SMILES string of the molecule is Fc1ccc(Nc2ncnc(Cl)c2Br)c(I)c1. The smallest absolute Gasteiger partial charge is 0.149 e. The van der Waals surface area contributed by atoms with Crippen LogP contribution in [0.15, 0.2) is 29.0 Å². The number of rotatable bonds is 2. The van der Waals surface area contributed by atoms with Crippen molar-refractivity contribution < 1.29 is 4.39 Å². The normalized spacial score (nSPS) is 10.4. The molecule has 1 aromatic heterocycles. The average Bonchev–Trinajstić information content (AvgIpc) is 2.28. The van der Waals surface area contributed by atoms with Gasteiger partial charge in [-0.1, -0.05) is 11.6 Å². The van der Waals surface area contributed by atoms with Crippen LogP contribution in [0.5, 0.6) is 0 Å². The number of hydrogen-bond acceptors (Lipinski definition) is 3. The summed E-state index contributed by atoms with van der Waals surface area (Å²) in [6, 6.07) is 4.44. The van der Waals surface area contributed by atoms with Gasteiger partial charge in [-0.25, -0.2) is 14.4 Å². The summed E-state index contributed by atoms with van der Waals surface area (Å²) in [4.78, 5) is 7.87. The predicted molar refractivity (Wildman–Crippen MR) is 77.1 cm³/mol. The summed E-state index contributed by atoms with van der Waals surface area (Å²) in [5.41, 5.74) is 0.752. The first-order valence-electron chi connectivity index (χ1n) is 4.46. The van der Waals surface area contributed by atoms with Gasteiger partial charge in [-0.2, -0.15) is 0 Å². The monoisotopic (exact) mass is 427 g/mol. The van der Waals surface area contributed by atoms with Gasteiger partial charge in [-0.15, -0.1) is 0 Å². The van der Waals surface area contributed by atoms with Gasteiger partial charge in [0.1, 0.15) is 23.1 Å². The molecular weight excluding hydrogens is 423 g/mol. The van der Waals surface area contributed by atoms with E-state index in [9.17, 15) is 4.39 Å². The van der Waals surface area contributed by atoms with Gasteiger partial charge in [0, 0.05) is 3.57 Å². The summed E-state index contributed by atoms with van der Waals surface area (Å²) >= 11 is 11.2. The van der Waals surface area contributed by atoms with Crippen molar-refractivity contribution in [1.82, 2.24) is 9.97 Å². The van der Waals surface area contributed by atoms with Crippen molar-refractivity contribution in [2.45, 2.75) is 0 Å². The maximum atomic E-state index is 12.9. The van der Waals surface area contributed by atoms with Crippen LogP contribution in [0.1, 0.15) is 0 Å². The minimum absolute atomic E-state index is 0.278. The number of hydrogen-bond donors (Lipinski definition) is 1. The molecular formula is C10H5BrClFIN3. The van der Waals surface area contributed by atoms with Gasteiger partial charge in [0.25, 0.3) is 0 Å². The van der Waals surface area contributed by atoms with E-state index in [2.05, 4.69) is 31.2 Å². The summed E-state index contributed by atoms with van der Waals surface area (Å²) in [5, 5.41) is 3.37. The molecule has 0 spiro atoms. The van der Waals surface area contributed by atoms with Gasteiger partial charge in [0.2, 0.25) is 0 Å². The molecule has 0 atom stereocenters. The van der Waals surface area contributed by atoms with E-state index in [-0.39, 0.29) is 5.82 Å². The fourth-order valence-corrected chi connectivity index (χ4v) is 2.20. The van der Waals surface area contributed by atoms with Crippen molar-refractivity contribution in [2.75, 3.05) is 5.32 Å². The van der Waals surface area contributed by atoms with Crippen LogP contribution in [0.2, 0.25) is 5.15 Å². The number of nitrogens with zero attached hydrogens (tertiary/aromatic N) is 2. The van der Waals surface area contributed by atoms with Gasteiger partial charge >= 0.3 is 0 Å². The molecule has 0 bridgehead atoms. The number of halogens is 4. The summed E-state index contributed by atoms with van der Waals surface area (Å²) in [6.45, 7) is 0. The lowest BCUT2D eigenvalue weighted by atomic mass is 10.3. The number of anilines is 2.